The third-order valence-electron chi connectivity index (χ3n) is 3.46. The number of thioether (sulfide) groups is 1. The van der Waals surface area contributed by atoms with Crippen molar-refractivity contribution in [2.24, 2.45) is 0 Å². The van der Waals surface area contributed by atoms with E-state index in [1.165, 1.54) is 18.4 Å². The van der Waals surface area contributed by atoms with Crippen molar-refractivity contribution >= 4 is 39.9 Å². The first-order valence-corrected chi connectivity index (χ1v) is 9.53. The molecule has 0 aliphatic heterocycles. The summed E-state index contributed by atoms with van der Waals surface area (Å²) in [5, 5.41) is 12.3. The van der Waals surface area contributed by atoms with Crippen molar-refractivity contribution in [2.45, 2.75) is 10.1 Å². The van der Waals surface area contributed by atoms with Crippen LogP contribution in [0.25, 0.3) is 0 Å². The van der Waals surface area contributed by atoms with Gasteiger partial charge < -0.3 is 14.8 Å². The second-order valence-electron chi connectivity index (χ2n) is 5.21. The van der Waals surface area contributed by atoms with Gasteiger partial charge in [-0.1, -0.05) is 41.3 Å². The Morgan fingerprint density at radius 1 is 1.15 bits per heavy atom. The average Bonchev–Trinajstić information content (AvgIpc) is 3.13. The molecule has 26 heavy (non-hydrogen) atoms. The van der Waals surface area contributed by atoms with Crippen molar-refractivity contribution < 1.29 is 14.3 Å². The monoisotopic (exact) mass is 387 g/mol. The minimum Gasteiger partial charge on any atom is -0.497 e. The molecule has 0 radical (unpaired) electrons. The summed E-state index contributed by atoms with van der Waals surface area (Å²) < 4.78 is 10.8. The second-order valence-corrected chi connectivity index (χ2v) is 7.41. The zero-order chi connectivity index (χ0) is 18.4. The van der Waals surface area contributed by atoms with Gasteiger partial charge >= 0.3 is 5.97 Å². The SMILES string of the molecule is COC(=O)c1ccc(CSc2nnc(Nc3cccc(OC)c3)s2)cc1. The smallest absolute Gasteiger partial charge is 0.337 e. The lowest BCUT2D eigenvalue weighted by atomic mass is 10.1. The van der Waals surface area contributed by atoms with Crippen LogP contribution < -0.4 is 10.1 Å². The Labute approximate surface area is 159 Å². The van der Waals surface area contributed by atoms with Gasteiger partial charge in [-0.25, -0.2) is 4.79 Å². The maximum atomic E-state index is 11.4. The molecule has 1 aromatic heterocycles. The molecule has 3 rings (SSSR count). The summed E-state index contributed by atoms with van der Waals surface area (Å²) in [6, 6.07) is 15.0. The molecule has 0 aliphatic carbocycles. The number of anilines is 2. The molecular weight excluding hydrogens is 370 g/mol. The first-order valence-electron chi connectivity index (χ1n) is 7.72. The maximum absolute atomic E-state index is 11.4. The number of hydrogen-bond donors (Lipinski definition) is 1. The number of esters is 1. The van der Waals surface area contributed by atoms with Crippen molar-refractivity contribution in [3.8, 4) is 5.75 Å². The van der Waals surface area contributed by atoms with Crippen LogP contribution in [0.15, 0.2) is 52.9 Å². The van der Waals surface area contributed by atoms with E-state index >= 15 is 0 Å². The molecule has 0 unspecified atom stereocenters. The van der Waals surface area contributed by atoms with E-state index in [0.717, 1.165) is 32.2 Å². The highest BCUT2D eigenvalue weighted by molar-refractivity contribution is 8.00. The van der Waals surface area contributed by atoms with Gasteiger partial charge in [0.05, 0.1) is 19.8 Å². The Hall–Kier alpha value is -2.58. The fraction of sp³-hybridized carbons (Fsp3) is 0.167. The molecule has 0 saturated heterocycles. The van der Waals surface area contributed by atoms with E-state index in [2.05, 4.69) is 15.5 Å². The number of nitrogens with one attached hydrogen (secondary N) is 1. The minimum atomic E-state index is -0.332. The van der Waals surface area contributed by atoms with Crippen LogP contribution in [0, 0.1) is 0 Å². The van der Waals surface area contributed by atoms with Gasteiger partial charge in [0, 0.05) is 17.5 Å². The minimum absolute atomic E-state index is 0.332. The molecule has 0 atom stereocenters. The number of methoxy groups -OCH3 is 2. The first-order chi connectivity index (χ1) is 12.7. The van der Waals surface area contributed by atoms with Gasteiger partial charge in [0.2, 0.25) is 5.13 Å². The highest BCUT2D eigenvalue weighted by atomic mass is 32.2. The zero-order valence-corrected chi connectivity index (χ0v) is 15.9. The summed E-state index contributed by atoms with van der Waals surface area (Å²) in [5.74, 6) is 1.20. The van der Waals surface area contributed by atoms with Crippen LogP contribution in [-0.2, 0) is 10.5 Å². The Kier molecular flexibility index (Phi) is 6.08. The molecule has 0 aliphatic rings. The molecule has 0 spiro atoms. The summed E-state index contributed by atoms with van der Waals surface area (Å²) in [4.78, 5) is 11.4. The van der Waals surface area contributed by atoms with Crippen molar-refractivity contribution in [2.75, 3.05) is 19.5 Å². The topological polar surface area (TPSA) is 73.3 Å². The lowest BCUT2D eigenvalue weighted by molar-refractivity contribution is 0.0600. The number of aromatic nitrogens is 2. The molecule has 0 amide bonds. The van der Waals surface area contributed by atoms with Crippen molar-refractivity contribution in [1.82, 2.24) is 10.2 Å². The molecule has 6 nitrogen and oxygen atoms in total. The van der Waals surface area contributed by atoms with E-state index in [-0.39, 0.29) is 5.97 Å². The van der Waals surface area contributed by atoms with Gasteiger partial charge in [-0.2, -0.15) is 0 Å². The normalized spacial score (nSPS) is 10.4. The molecule has 3 aromatic rings. The summed E-state index contributed by atoms with van der Waals surface area (Å²) >= 11 is 3.08. The number of carbonyl (C=O) groups is 1. The summed E-state index contributed by atoms with van der Waals surface area (Å²) in [5.41, 5.74) is 2.54. The molecule has 8 heteroatoms. The number of benzene rings is 2. The number of nitrogens with zero attached hydrogens (tertiary/aromatic N) is 2. The Morgan fingerprint density at radius 2 is 1.96 bits per heavy atom. The fourth-order valence-corrected chi connectivity index (χ4v) is 3.87. The highest BCUT2D eigenvalue weighted by Crippen LogP contribution is 2.30. The lowest BCUT2D eigenvalue weighted by Crippen LogP contribution is -2.00. The average molecular weight is 387 g/mol. The third kappa shape index (κ3) is 4.74. The highest BCUT2D eigenvalue weighted by Gasteiger charge is 2.08. The van der Waals surface area contributed by atoms with E-state index in [0.29, 0.717) is 5.56 Å². The quantitative estimate of drug-likeness (QED) is 0.477. The molecule has 0 fully saturated rings. The number of rotatable bonds is 7. The molecule has 134 valence electrons. The van der Waals surface area contributed by atoms with Gasteiger partial charge in [-0.15, -0.1) is 10.2 Å². The third-order valence-corrected chi connectivity index (χ3v) is 5.51. The molecule has 0 bridgehead atoms. The maximum Gasteiger partial charge on any atom is 0.337 e. The Balaban J connectivity index is 1.57. The van der Waals surface area contributed by atoms with Crippen LogP contribution in [-0.4, -0.2) is 30.4 Å². The predicted octanol–water partition coefficient (Wildman–Crippen LogP) is 4.37. The Bertz CT molecular complexity index is 881. The number of hydrogen-bond acceptors (Lipinski definition) is 8. The predicted molar refractivity (Wildman–Crippen MR) is 104 cm³/mol. The van der Waals surface area contributed by atoms with E-state index < -0.39 is 0 Å². The van der Waals surface area contributed by atoms with E-state index in [9.17, 15) is 4.79 Å². The van der Waals surface area contributed by atoms with Crippen LogP contribution in [0.1, 0.15) is 15.9 Å². The van der Waals surface area contributed by atoms with Crippen LogP contribution in [0.3, 0.4) is 0 Å². The van der Waals surface area contributed by atoms with Crippen molar-refractivity contribution in [3.63, 3.8) is 0 Å². The molecule has 1 heterocycles. The standard InChI is InChI=1S/C18H17N3O3S2/c1-23-15-5-3-4-14(10-15)19-17-20-21-18(26-17)25-11-12-6-8-13(9-7-12)16(22)24-2/h3-10H,11H2,1-2H3,(H,19,20). The van der Waals surface area contributed by atoms with Gasteiger partial charge in [0.15, 0.2) is 4.34 Å². The molecule has 2 aromatic carbocycles. The first kappa shape index (κ1) is 18.2. The van der Waals surface area contributed by atoms with Crippen LogP contribution in [0.2, 0.25) is 0 Å². The van der Waals surface area contributed by atoms with Crippen LogP contribution in [0.5, 0.6) is 5.75 Å². The van der Waals surface area contributed by atoms with Crippen molar-refractivity contribution in [1.29, 1.82) is 0 Å². The van der Waals surface area contributed by atoms with Crippen LogP contribution >= 0.6 is 23.1 Å². The second kappa shape index (κ2) is 8.68. The van der Waals surface area contributed by atoms with E-state index in [4.69, 9.17) is 9.47 Å². The number of carbonyl (C=O) groups excluding carboxylic acids is 1. The zero-order valence-electron chi connectivity index (χ0n) is 14.3. The summed E-state index contributed by atoms with van der Waals surface area (Å²) in [6.45, 7) is 0. The fourth-order valence-electron chi connectivity index (χ4n) is 2.14. The van der Waals surface area contributed by atoms with Gasteiger partial charge in [0.1, 0.15) is 5.75 Å². The van der Waals surface area contributed by atoms with E-state index in [1.807, 2.05) is 36.4 Å². The van der Waals surface area contributed by atoms with Gasteiger partial charge in [0.25, 0.3) is 0 Å². The molecule has 1 N–H and O–H groups in total. The van der Waals surface area contributed by atoms with Crippen molar-refractivity contribution in [3.05, 3.63) is 59.7 Å². The summed E-state index contributed by atoms with van der Waals surface area (Å²) in [7, 11) is 3.01. The van der Waals surface area contributed by atoms with E-state index in [1.54, 1.807) is 31.0 Å². The van der Waals surface area contributed by atoms with Gasteiger partial charge in [-0.3, -0.25) is 0 Å². The molecular formula is C18H17N3O3S2. The largest absolute Gasteiger partial charge is 0.497 e. The number of ether oxygens (including phenoxy) is 2. The summed E-state index contributed by atoms with van der Waals surface area (Å²) in [6.07, 6.45) is 0. The van der Waals surface area contributed by atoms with Crippen LogP contribution in [0.4, 0.5) is 10.8 Å². The molecule has 0 saturated carbocycles. The Morgan fingerprint density at radius 3 is 2.69 bits per heavy atom. The lowest BCUT2D eigenvalue weighted by Gasteiger charge is -2.04. The van der Waals surface area contributed by atoms with Gasteiger partial charge in [-0.05, 0) is 29.8 Å².